The first-order valence-electron chi connectivity index (χ1n) is 25.6. The Kier molecular flexibility index (Phi) is 23.2. The quantitative estimate of drug-likeness (QED) is 0.0220. The van der Waals surface area contributed by atoms with Crippen molar-refractivity contribution in [1.29, 1.82) is 0 Å². The average molecular weight is 1060 g/mol. The van der Waals surface area contributed by atoms with Crippen molar-refractivity contribution in [2.75, 3.05) is 23.5 Å². The van der Waals surface area contributed by atoms with Gasteiger partial charge in [-0.25, -0.2) is 0 Å². The van der Waals surface area contributed by atoms with Gasteiger partial charge in [0.05, 0.1) is 9.40 Å². The second-order valence-electron chi connectivity index (χ2n) is 19.1. The Morgan fingerprint density at radius 2 is 0.750 bits per heavy atom. The van der Waals surface area contributed by atoms with Crippen LogP contribution in [0.2, 0.25) is 0 Å². The summed E-state index contributed by atoms with van der Waals surface area (Å²) in [4.78, 5) is 51.7. The van der Waals surface area contributed by atoms with Gasteiger partial charge in [-0.05, 0) is 49.9 Å². The number of thiophene rings is 2. The molecule has 2 aromatic carbocycles. The van der Waals surface area contributed by atoms with Gasteiger partial charge in [0.1, 0.15) is 47.9 Å². The molecule has 2 heterocycles. The van der Waals surface area contributed by atoms with Crippen LogP contribution in [0.15, 0.2) is 24.3 Å². The van der Waals surface area contributed by atoms with Crippen molar-refractivity contribution >= 4 is 123 Å². The molecule has 376 valence electrons. The molecule has 0 fully saturated rings. The Balaban J connectivity index is 1.32. The Hall–Kier alpha value is -2.34. The molecular weight excluding hydrogens is 983 g/mol. The number of hydrogen-bond acceptors (Lipinski definition) is 10. The molecule has 4 aromatic rings. The van der Waals surface area contributed by atoms with Gasteiger partial charge in [0, 0.05) is 54.3 Å². The van der Waals surface area contributed by atoms with Gasteiger partial charge in [-0.15, -0.1) is 69.1 Å². The third kappa shape index (κ3) is 14.9. The first kappa shape index (κ1) is 55.0. The van der Waals surface area contributed by atoms with Crippen molar-refractivity contribution < 1.29 is 38.1 Å². The van der Waals surface area contributed by atoms with Crippen LogP contribution in [0.3, 0.4) is 0 Å². The van der Waals surface area contributed by atoms with E-state index in [1.54, 1.807) is 22.7 Å². The van der Waals surface area contributed by atoms with E-state index in [0.717, 1.165) is 103 Å². The highest BCUT2D eigenvalue weighted by Crippen LogP contribution is 2.54. The fourth-order valence-corrected chi connectivity index (χ4v) is 13.6. The predicted molar refractivity (Wildman–Crippen MR) is 282 cm³/mol. The third-order valence-corrected chi connectivity index (χ3v) is 17.4. The molecule has 6 unspecified atom stereocenters. The summed E-state index contributed by atoms with van der Waals surface area (Å²) in [6.45, 7) is 4.48. The maximum atomic E-state index is 13.0. The van der Waals surface area contributed by atoms with E-state index in [9.17, 15) is 19.2 Å². The van der Waals surface area contributed by atoms with E-state index in [1.165, 1.54) is 89.9 Å². The molecule has 2 aliphatic rings. The first-order valence-corrected chi connectivity index (χ1v) is 29.4. The molecule has 14 heteroatoms. The molecule has 0 bridgehead atoms. The lowest BCUT2D eigenvalue weighted by atomic mass is 9.76. The lowest BCUT2D eigenvalue weighted by Crippen LogP contribution is -2.30. The molecule has 6 atom stereocenters. The van der Waals surface area contributed by atoms with Gasteiger partial charge < -0.3 is 18.9 Å². The SMILES string of the molecule is CCCCCCCCCCCCC1CC(OC(=O)CCl)c2cc3sc4c5cc6c(cc5sc4c3cc2C1OC(=O)CCl)C(OC(=O)CCl)CC(CCCCCCCCCCCC)C6OC(=O)CCl. The number of benzene rings is 2. The van der Waals surface area contributed by atoms with Crippen LogP contribution >= 0.6 is 69.1 Å². The molecule has 0 spiro atoms. The third-order valence-electron chi connectivity index (χ3n) is 14.0. The zero-order valence-electron chi connectivity index (χ0n) is 40.2. The number of halogens is 4. The molecule has 6 rings (SSSR count). The molecular formula is C54H72Cl4O8S2. The summed E-state index contributed by atoms with van der Waals surface area (Å²) in [6, 6.07) is 8.42. The molecule has 0 amide bonds. The molecule has 2 aliphatic carbocycles. The van der Waals surface area contributed by atoms with Crippen LogP contribution < -0.4 is 0 Å². The lowest BCUT2D eigenvalue weighted by molar-refractivity contribution is -0.156. The predicted octanol–water partition coefficient (Wildman–Crippen LogP) is 17.2. The molecule has 0 aliphatic heterocycles. The zero-order chi connectivity index (χ0) is 48.4. The van der Waals surface area contributed by atoms with E-state index in [1.807, 2.05) is 0 Å². The Bertz CT molecular complexity index is 2100. The zero-order valence-corrected chi connectivity index (χ0v) is 44.8. The molecule has 68 heavy (non-hydrogen) atoms. The number of fused-ring (bicyclic) bond motifs is 7. The van der Waals surface area contributed by atoms with Crippen LogP contribution in [0, 0.1) is 11.8 Å². The average Bonchev–Trinajstić information content (AvgIpc) is 3.88. The number of unbranched alkanes of at least 4 members (excludes halogenated alkanes) is 18. The minimum absolute atomic E-state index is 0.0916. The second kappa shape index (κ2) is 28.6. The van der Waals surface area contributed by atoms with Gasteiger partial charge in [0.2, 0.25) is 0 Å². The minimum atomic E-state index is -0.566. The smallest absolute Gasteiger partial charge is 0.321 e. The Morgan fingerprint density at radius 3 is 1.07 bits per heavy atom. The summed E-state index contributed by atoms with van der Waals surface area (Å²) in [6.07, 6.45) is 24.6. The van der Waals surface area contributed by atoms with E-state index < -0.39 is 48.3 Å². The van der Waals surface area contributed by atoms with E-state index >= 15 is 0 Å². The lowest BCUT2D eigenvalue weighted by Gasteiger charge is -2.37. The summed E-state index contributed by atoms with van der Waals surface area (Å²) in [5.74, 6) is -3.22. The number of hydrogen-bond donors (Lipinski definition) is 0. The van der Waals surface area contributed by atoms with Gasteiger partial charge in [-0.1, -0.05) is 142 Å². The summed E-state index contributed by atoms with van der Waals surface area (Å²) in [5, 5.41) is 2.01. The van der Waals surface area contributed by atoms with E-state index in [2.05, 4.69) is 38.1 Å². The van der Waals surface area contributed by atoms with Gasteiger partial charge in [-0.2, -0.15) is 0 Å². The van der Waals surface area contributed by atoms with Gasteiger partial charge in [0.15, 0.2) is 0 Å². The van der Waals surface area contributed by atoms with Crippen LogP contribution in [0.4, 0.5) is 0 Å². The maximum Gasteiger partial charge on any atom is 0.321 e. The molecule has 8 nitrogen and oxygen atoms in total. The molecule has 0 saturated heterocycles. The number of carbonyl (C=O) groups excluding carboxylic acids is 4. The first-order chi connectivity index (χ1) is 33.1. The van der Waals surface area contributed by atoms with Crippen LogP contribution in [-0.2, 0) is 38.1 Å². The standard InChI is InChI=1S/C54H72Cl4O8S2/c1-3-5-7-9-11-13-15-17-19-21-23-35-25-43(63-47(59)31-55)37-29-45-41(27-39(37)51(35)65-49(61)33-57)53-54(67-45)42-28-40-38(30-46(42)68-53)44(64-48(60)32-56)26-36(52(40)66-50(62)34-58)24-22-20-18-16-14-12-10-8-6-4-2/h27-30,35-36,43-44,51-52H,3-26,31-34H2,1-2H3. The molecule has 0 radical (unpaired) electrons. The van der Waals surface area contributed by atoms with E-state index in [-0.39, 0.29) is 35.4 Å². The van der Waals surface area contributed by atoms with Crippen molar-refractivity contribution in [2.45, 2.75) is 192 Å². The fourth-order valence-electron chi connectivity index (χ4n) is 10.6. The molecule has 0 saturated carbocycles. The van der Waals surface area contributed by atoms with Crippen molar-refractivity contribution in [2.24, 2.45) is 11.8 Å². The number of ether oxygens (including phenoxy) is 4. The van der Waals surface area contributed by atoms with Gasteiger partial charge >= 0.3 is 23.9 Å². The normalized spacial score (nSPS) is 20.1. The highest BCUT2D eigenvalue weighted by Gasteiger charge is 2.41. The summed E-state index contributed by atoms with van der Waals surface area (Å²) < 4.78 is 28.7. The van der Waals surface area contributed by atoms with Crippen molar-refractivity contribution in [3.63, 3.8) is 0 Å². The topological polar surface area (TPSA) is 105 Å². The summed E-state index contributed by atoms with van der Waals surface area (Å²) >= 11 is 27.5. The van der Waals surface area contributed by atoms with Crippen molar-refractivity contribution in [3.8, 4) is 0 Å². The minimum Gasteiger partial charge on any atom is -0.457 e. The van der Waals surface area contributed by atoms with E-state index in [0.29, 0.717) is 12.8 Å². The maximum absolute atomic E-state index is 13.0. The van der Waals surface area contributed by atoms with Crippen LogP contribution in [0.25, 0.3) is 29.6 Å². The van der Waals surface area contributed by atoms with E-state index in [4.69, 9.17) is 65.4 Å². The van der Waals surface area contributed by atoms with Gasteiger partial charge in [-0.3, -0.25) is 19.2 Å². The van der Waals surface area contributed by atoms with Crippen molar-refractivity contribution in [3.05, 3.63) is 46.5 Å². The molecule has 0 N–H and O–H groups in total. The van der Waals surface area contributed by atoms with Crippen molar-refractivity contribution in [1.82, 2.24) is 0 Å². The highest BCUT2D eigenvalue weighted by molar-refractivity contribution is 7.36. The monoisotopic (exact) mass is 1050 g/mol. The highest BCUT2D eigenvalue weighted by atomic mass is 35.5. The van der Waals surface area contributed by atoms with Crippen LogP contribution in [-0.4, -0.2) is 47.4 Å². The number of esters is 4. The van der Waals surface area contributed by atoms with Gasteiger partial charge in [0.25, 0.3) is 0 Å². The Morgan fingerprint density at radius 1 is 0.441 bits per heavy atom. The van der Waals surface area contributed by atoms with Crippen LogP contribution in [0.1, 0.15) is 215 Å². The number of carbonyl (C=O) groups is 4. The second-order valence-corrected chi connectivity index (χ2v) is 22.2. The number of rotatable bonds is 30. The largest absolute Gasteiger partial charge is 0.457 e. The molecule has 2 aromatic heterocycles. The number of alkyl halides is 4. The fraction of sp³-hybridized carbons (Fsp3) is 0.667. The summed E-state index contributed by atoms with van der Waals surface area (Å²) in [7, 11) is 0. The Labute approximate surface area is 432 Å². The summed E-state index contributed by atoms with van der Waals surface area (Å²) in [5.41, 5.74) is 3.26. The van der Waals surface area contributed by atoms with Crippen LogP contribution in [0.5, 0.6) is 0 Å².